The Morgan fingerprint density at radius 2 is 1.92 bits per heavy atom. The summed E-state index contributed by atoms with van der Waals surface area (Å²) in [5.74, 6) is 0. The Labute approximate surface area is 79.8 Å². The Morgan fingerprint density at radius 1 is 1.23 bits per heavy atom. The Balaban J connectivity index is 2.98. The second kappa shape index (κ2) is 4.22. The third kappa shape index (κ3) is 2.41. The third-order valence-corrected chi connectivity index (χ3v) is 2.45. The van der Waals surface area contributed by atoms with E-state index >= 15 is 0 Å². The molecule has 13 heavy (non-hydrogen) atoms. The van der Waals surface area contributed by atoms with E-state index in [2.05, 4.69) is 32.9 Å². The molecule has 1 nitrogen and oxygen atoms in total. The standard InChI is InChI=1S/C12H16O/c1-9-7-10(2)11(3)12(8-9)5-4-6-13/h6-8H,4-5H2,1-3H3. The van der Waals surface area contributed by atoms with Crippen LogP contribution in [0.4, 0.5) is 0 Å². The van der Waals surface area contributed by atoms with Gasteiger partial charge in [0.1, 0.15) is 6.29 Å². The summed E-state index contributed by atoms with van der Waals surface area (Å²) in [6.07, 6.45) is 2.48. The minimum atomic E-state index is 0.629. The van der Waals surface area contributed by atoms with E-state index in [0.29, 0.717) is 6.42 Å². The summed E-state index contributed by atoms with van der Waals surface area (Å²) >= 11 is 0. The van der Waals surface area contributed by atoms with Gasteiger partial charge in [-0.25, -0.2) is 0 Å². The summed E-state index contributed by atoms with van der Waals surface area (Å²) in [4.78, 5) is 10.3. The SMILES string of the molecule is Cc1cc(C)c(C)c(CCC=O)c1. The van der Waals surface area contributed by atoms with Crippen molar-refractivity contribution in [2.24, 2.45) is 0 Å². The van der Waals surface area contributed by atoms with E-state index in [4.69, 9.17) is 0 Å². The number of carbonyl (C=O) groups excluding carboxylic acids is 1. The molecule has 0 aromatic heterocycles. The fourth-order valence-electron chi connectivity index (χ4n) is 1.60. The number of carbonyl (C=O) groups is 1. The molecule has 0 N–H and O–H groups in total. The van der Waals surface area contributed by atoms with Crippen LogP contribution in [0.15, 0.2) is 12.1 Å². The van der Waals surface area contributed by atoms with Crippen LogP contribution in [-0.4, -0.2) is 6.29 Å². The molecule has 0 aliphatic rings. The summed E-state index contributed by atoms with van der Waals surface area (Å²) in [5, 5.41) is 0. The van der Waals surface area contributed by atoms with Gasteiger partial charge in [0.25, 0.3) is 0 Å². The van der Waals surface area contributed by atoms with E-state index in [0.717, 1.165) is 12.7 Å². The molecule has 0 saturated carbocycles. The molecular formula is C12H16O. The molecule has 0 atom stereocenters. The summed E-state index contributed by atoms with van der Waals surface area (Å²) in [6, 6.07) is 4.35. The second-order valence-corrected chi connectivity index (χ2v) is 3.57. The van der Waals surface area contributed by atoms with Crippen molar-refractivity contribution in [1.82, 2.24) is 0 Å². The predicted octanol–water partition coefficient (Wildman–Crippen LogP) is 2.74. The molecule has 0 saturated heterocycles. The zero-order valence-electron chi connectivity index (χ0n) is 8.55. The van der Waals surface area contributed by atoms with Crippen molar-refractivity contribution in [1.29, 1.82) is 0 Å². The minimum Gasteiger partial charge on any atom is -0.303 e. The van der Waals surface area contributed by atoms with Crippen LogP contribution in [0.5, 0.6) is 0 Å². The lowest BCUT2D eigenvalue weighted by molar-refractivity contribution is -0.107. The Hall–Kier alpha value is -1.11. The van der Waals surface area contributed by atoms with Crippen LogP contribution in [0.2, 0.25) is 0 Å². The van der Waals surface area contributed by atoms with Crippen molar-refractivity contribution >= 4 is 6.29 Å². The van der Waals surface area contributed by atoms with Gasteiger partial charge in [0.15, 0.2) is 0 Å². The normalized spacial score (nSPS) is 10.1. The predicted molar refractivity (Wildman–Crippen MR) is 55.0 cm³/mol. The topological polar surface area (TPSA) is 17.1 Å². The third-order valence-electron chi connectivity index (χ3n) is 2.45. The fraction of sp³-hybridized carbons (Fsp3) is 0.417. The van der Waals surface area contributed by atoms with Gasteiger partial charge in [-0.1, -0.05) is 17.7 Å². The zero-order chi connectivity index (χ0) is 9.84. The van der Waals surface area contributed by atoms with Gasteiger partial charge in [-0.15, -0.1) is 0 Å². The Kier molecular flexibility index (Phi) is 3.24. The van der Waals surface area contributed by atoms with Crippen LogP contribution in [0.3, 0.4) is 0 Å². The Morgan fingerprint density at radius 3 is 2.54 bits per heavy atom. The van der Waals surface area contributed by atoms with Gasteiger partial charge in [0.2, 0.25) is 0 Å². The number of hydrogen-bond donors (Lipinski definition) is 0. The first kappa shape index (κ1) is 9.97. The first-order chi connectivity index (χ1) is 6.15. The smallest absolute Gasteiger partial charge is 0.120 e. The molecule has 70 valence electrons. The number of aryl methyl sites for hydroxylation is 3. The van der Waals surface area contributed by atoms with Crippen molar-refractivity contribution in [3.8, 4) is 0 Å². The molecule has 1 rings (SSSR count). The van der Waals surface area contributed by atoms with Gasteiger partial charge in [0.05, 0.1) is 0 Å². The molecular weight excluding hydrogens is 160 g/mol. The zero-order valence-corrected chi connectivity index (χ0v) is 8.55. The first-order valence-electron chi connectivity index (χ1n) is 4.65. The van der Waals surface area contributed by atoms with Crippen molar-refractivity contribution in [2.45, 2.75) is 33.6 Å². The lowest BCUT2D eigenvalue weighted by Gasteiger charge is -2.08. The van der Waals surface area contributed by atoms with E-state index in [1.807, 2.05) is 0 Å². The molecule has 1 heteroatoms. The van der Waals surface area contributed by atoms with E-state index in [-0.39, 0.29) is 0 Å². The van der Waals surface area contributed by atoms with Crippen molar-refractivity contribution in [3.05, 3.63) is 34.4 Å². The molecule has 1 aromatic rings. The molecule has 0 radical (unpaired) electrons. The average molecular weight is 176 g/mol. The molecule has 0 aliphatic heterocycles. The molecule has 0 unspecified atom stereocenters. The van der Waals surface area contributed by atoms with Crippen LogP contribution in [-0.2, 0) is 11.2 Å². The summed E-state index contributed by atoms with van der Waals surface area (Å²) < 4.78 is 0. The largest absolute Gasteiger partial charge is 0.303 e. The fourth-order valence-corrected chi connectivity index (χ4v) is 1.60. The van der Waals surface area contributed by atoms with Gasteiger partial charge < -0.3 is 4.79 Å². The highest BCUT2D eigenvalue weighted by Crippen LogP contribution is 2.16. The number of hydrogen-bond acceptors (Lipinski definition) is 1. The monoisotopic (exact) mass is 176 g/mol. The van der Waals surface area contributed by atoms with Crippen LogP contribution in [0, 0.1) is 20.8 Å². The number of rotatable bonds is 3. The molecule has 0 aliphatic carbocycles. The maximum Gasteiger partial charge on any atom is 0.120 e. The van der Waals surface area contributed by atoms with Gasteiger partial charge in [-0.3, -0.25) is 0 Å². The molecule has 0 amide bonds. The maximum atomic E-state index is 10.3. The average Bonchev–Trinajstić information content (AvgIpc) is 2.09. The second-order valence-electron chi connectivity index (χ2n) is 3.57. The molecule has 0 bridgehead atoms. The molecule has 1 aromatic carbocycles. The minimum absolute atomic E-state index is 0.629. The molecule has 0 heterocycles. The highest BCUT2D eigenvalue weighted by molar-refractivity contribution is 5.51. The van der Waals surface area contributed by atoms with E-state index in [1.165, 1.54) is 22.3 Å². The van der Waals surface area contributed by atoms with E-state index in [1.54, 1.807) is 0 Å². The number of benzene rings is 1. The lowest BCUT2D eigenvalue weighted by Crippen LogP contribution is -1.94. The maximum absolute atomic E-state index is 10.3. The van der Waals surface area contributed by atoms with Crippen LogP contribution in [0.1, 0.15) is 28.7 Å². The lowest BCUT2D eigenvalue weighted by atomic mass is 9.97. The summed E-state index contributed by atoms with van der Waals surface area (Å²) in [7, 11) is 0. The van der Waals surface area contributed by atoms with Crippen LogP contribution in [0.25, 0.3) is 0 Å². The van der Waals surface area contributed by atoms with Crippen molar-refractivity contribution < 1.29 is 4.79 Å². The van der Waals surface area contributed by atoms with Gasteiger partial charge >= 0.3 is 0 Å². The van der Waals surface area contributed by atoms with Crippen LogP contribution < -0.4 is 0 Å². The highest BCUT2D eigenvalue weighted by atomic mass is 16.1. The molecule has 0 fully saturated rings. The van der Waals surface area contributed by atoms with Crippen molar-refractivity contribution in [2.75, 3.05) is 0 Å². The van der Waals surface area contributed by atoms with Gasteiger partial charge in [-0.05, 0) is 43.9 Å². The first-order valence-corrected chi connectivity index (χ1v) is 4.65. The highest BCUT2D eigenvalue weighted by Gasteiger charge is 2.01. The van der Waals surface area contributed by atoms with E-state index in [9.17, 15) is 4.79 Å². The quantitative estimate of drug-likeness (QED) is 0.647. The van der Waals surface area contributed by atoms with Crippen LogP contribution >= 0.6 is 0 Å². The Bertz CT molecular complexity index is 313. The van der Waals surface area contributed by atoms with E-state index < -0.39 is 0 Å². The summed E-state index contributed by atoms with van der Waals surface area (Å²) in [5.41, 5.74) is 5.24. The number of aldehydes is 1. The molecule has 0 spiro atoms. The van der Waals surface area contributed by atoms with Crippen molar-refractivity contribution in [3.63, 3.8) is 0 Å². The van der Waals surface area contributed by atoms with Gasteiger partial charge in [-0.2, -0.15) is 0 Å². The van der Waals surface area contributed by atoms with Gasteiger partial charge in [0, 0.05) is 6.42 Å². The summed E-state index contributed by atoms with van der Waals surface area (Å²) in [6.45, 7) is 6.33.